The molecule has 1 nitrogen and oxygen atoms in total. The summed E-state index contributed by atoms with van der Waals surface area (Å²) in [5, 5.41) is 3.76. The number of hydrogen-bond donors (Lipinski definition) is 1. The molecular weight excluding hydrogens is 249 g/mol. The maximum atomic E-state index is 13.1. The van der Waals surface area contributed by atoms with Gasteiger partial charge in [0, 0.05) is 6.04 Å². The summed E-state index contributed by atoms with van der Waals surface area (Å²) in [5.41, 5.74) is 1.09. The van der Waals surface area contributed by atoms with Gasteiger partial charge in [-0.3, -0.25) is 0 Å². The van der Waals surface area contributed by atoms with Crippen molar-refractivity contribution in [2.45, 2.75) is 46.1 Å². The molecule has 1 atom stereocenters. The fourth-order valence-corrected chi connectivity index (χ4v) is 2.31. The second kappa shape index (κ2) is 7.75. The first-order valence-electron chi connectivity index (χ1n) is 6.70. The Morgan fingerprint density at radius 2 is 2.06 bits per heavy atom. The van der Waals surface area contributed by atoms with Crippen molar-refractivity contribution in [3.8, 4) is 0 Å². The molecule has 0 bridgehead atoms. The highest BCUT2D eigenvalue weighted by Crippen LogP contribution is 2.18. The van der Waals surface area contributed by atoms with Gasteiger partial charge in [-0.25, -0.2) is 4.39 Å². The number of halogens is 2. The minimum atomic E-state index is -0.345. The van der Waals surface area contributed by atoms with Crippen LogP contribution in [0.4, 0.5) is 4.39 Å². The van der Waals surface area contributed by atoms with Crippen LogP contribution >= 0.6 is 11.6 Å². The zero-order valence-corrected chi connectivity index (χ0v) is 12.2. The van der Waals surface area contributed by atoms with Gasteiger partial charge in [0.15, 0.2) is 0 Å². The molecule has 0 radical (unpaired) electrons. The maximum absolute atomic E-state index is 13.1. The first-order valence-corrected chi connectivity index (χ1v) is 7.08. The molecule has 0 fully saturated rings. The second-order valence-corrected chi connectivity index (χ2v) is 5.64. The Morgan fingerprint density at radius 3 is 2.61 bits per heavy atom. The fraction of sp³-hybridized carbons (Fsp3) is 0.600. The van der Waals surface area contributed by atoms with E-state index in [0.29, 0.717) is 12.0 Å². The summed E-state index contributed by atoms with van der Waals surface area (Å²) in [7, 11) is 0. The molecule has 0 aliphatic carbocycles. The molecular formula is C15H23ClFN. The fourth-order valence-electron chi connectivity index (χ4n) is 2.11. The van der Waals surface area contributed by atoms with Crippen LogP contribution in [0.3, 0.4) is 0 Å². The lowest BCUT2D eigenvalue weighted by Gasteiger charge is -2.20. The topological polar surface area (TPSA) is 12.0 Å². The predicted molar refractivity (Wildman–Crippen MR) is 76.7 cm³/mol. The van der Waals surface area contributed by atoms with Gasteiger partial charge >= 0.3 is 0 Å². The maximum Gasteiger partial charge on any atom is 0.141 e. The molecule has 0 aromatic heterocycles. The van der Waals surface area contributed by atoms with E-state index in [1.165, 1.54) is 6.07 Å². The van der Waals surface area contributed by atoms with Crippen LogP contribution in [0.1, 0.15) is 39.2 Å². The van der Waals surface area contributed by atoms with E-state index in [1.807, 2.05) is 6.07 Å². The molecule has 0 saturated carbocycles. The molecule has 0 aliphatic rings. The highest BCUT2D eigenvalue weighted by Gasteiger charge is 2.12. The van der Waals surface area contributed by atoms with Crippen molar-refractivity contribution in [3.63, 3.8) is 0 Å². The highest BCUT2D eigenvalue weighted by atomic mass is 35.5. The van der Waals surface area contributed by atoms with Crippen LogP contribution in [0.5, 0.6) is 0 Å². The molecule has 0 heterocycles. The van der Waals surface area contributed by atoms with E-state index in [9.17, 15) is 4.39 Å². The average molecular weight is 272 g/mol. The van der Waals surface area contributed by atoms with Crippen molar-refractivity contribution in [2.24, 2.45) is 5.92 Å². The quantitative estimate of drug-likeness (QED) is 0.773. The monoisotopic (exact) mass is 271 g/mol. The van der Waals surface area contributed by atoms with E-state index in [2.05, 4.69) is 26.1 Å². The van der Waals surface area contributed by atoms with Crippen molar-refractivity contribution in [1.82, 2.24) is 5.32 Å². The lowest BCUT2D eigenvalue weighted by molar-refractivity contribution is 0.416. The Morgan fingerprint density at radius 1 is 1.33 bits per heavy atom. The summed E-state index contributed by atoms with van der Waals surface area (Å²) in [6, 6.07) is 5.44. The van der Waals surface area contributed by atoms with Gasteiger partial charge in [-0.2, -0.15) is 0 Å². The summed E-state index contributed by atoms with van der Waals surface area (Å²) in [6.45, 7) is 7.62. The van der Waals surface area contributed by atoms with Gasteiger partial charge in [0.05, 0.1) is 5.02 Å². The zero-order chi connectivity index (χ0) is 13.5. The third-order valence-corrected chi connectivity index (χ3v) is 3.19. The molecule has 0 saturated heterocycles. The van der Waals surface area contributed by atoms with Crippen LogP contribution in [0.15, 0.2) is 18.2 Å². The lowest BCUT2D eigenvalue weighted by Crippen LogP contribution is -2.33. The Kier molecular flexibility index (Phi) is 6.66. The smallest absolute Gasteiger partial charge is 0.141 e. The molecule has 0 aliphatic heterocycles. The Labute approximate surface area is 115 Å². The predicted octanol–water partition coefficient (Wildman–Crippen LogP) is 4.44. The van der Waals surface area contributed by atoms with Crippen molar-refractivity contribution in [3.05, 3.63) is 34.6 Å². The minimum Gasteiger partial charge on any atom is -0.314 e. The van der Waals surface area contributed by atoms with Gasteiger partial charge in [-0.05, 0) is 49.4 Å². The van der Waals surface area contributed by atoms with E-state index in [0.717, 1.165) is 31.4 Å². The average Bonchev–Trinajstić information content (AvgIpc) is 2.30. The first kappa shape index (κ1) is 15.5. The van der Waals surface area contributed by atoms with Gasteiger partial charge in [-0.15, -0.1) is 0 Å². The first-order chi connectivity index (χ1) is 8.52. The minimum absolute atomic E-state index is 0.214. The van der Waals surface area contributed by atoms with Crippen LogP contribution in [0.25, 0.3) is 0 Å². The van der Waals surface area contributed by atoms with Crippen molar-refractivity contribution >= 4 is 11.6 Å². The number of nitrogens with one attached hydrogen (secondary N) is 1. The summed E-state index contributed by atoms with van der Waals surface area (Å²) in [4.78, 5) is 0. The molecule has 1 aromatic carbocycles. The third-order valence-electron chi connectivity index (χ3n) is 2.91. The van der Waals surface area contributed by atoms with Gasteiger partial charge in [0.25, 0.3) is 0 Å². The summed E-state index contributed by atoms with van der Waals surface area (Å²) in [6.07, 6.45) is 3.14. The Bertz CT molecular complexity index is 366. The SMILES string of the molecule is CCCNC(Cc1ccc(F)c(Cl)c1)CC(C)C. The van der Waals surface area contributed by atoms with Crippen molar-refractivity contribution in [1.29, 1.82) is 0 Å². The summed E-state index contributed by atoms with van der Waals surface area (Å²) in [5.74, 6) is 0.303. The third kappa shape index (κ3) is 5.36. The number of hydrogen-bond acceptors (Lipinski definition) is 1. The van der Waals surface area contributed by atoms with E-state index < -0.39 is 0 Å². The van der Waals surface area contributed by atoms with Crippen molar-refractivity contribution < 1.29 is 4.39 Å². The Hall–Kier alpha value is -0.600. The molecule has 1 unspecified atom stereocenters. The van der Waals surface area contributed by atoms with Crippen LogP contribution in [-0.2, 0) is 6.42 Å². The van der Waals surface area contributed by atoms with E-state index >= 15 is 0 Å². The second-order valence-electron chi connectivity index (χ2n) is 5.23. The van der Waals surface area contributed by atoms with Gasteiger partial charge in [0.1, 0.15) is 5.82 Å². The lowest BCUT2D eigenvalue weighted by atomic mass is 9.97. The van der Waals surface area contributed by atoms with Crippen LogP contribution in [0.2, 0.25) is 5.02 Å². The van der Waals surface area contributed by atoms with Crippen LogP contribution in [0, 0.1) is 11.7 Å². The van der Waals surface area contributed by atoms with Crippen LogP contribution < -0.4 is 5.32 Å². The van der Waals surface area contributed by atoms with E-state index in [-0.39, 0.29) is 10.8 Å². The molecule has 1 N–H and O–H groups in total. The van der Waals surface area contributed by atoms with Gasteiger partial charge in [0.2, 0.25) is 0 Å². The molecule has 18 heavy (non-hydrogen) atoms. The molecule has 1 aromatic rings. The standard InChI is InChI=1S/C15H23ClFN/c1-4-7-18-13(8-11(2)3)9-12-5-6-15(17)14(16)10-12/h5-6,10-11,13,18H,4,7-9H2,1-3H3. The van der Waals surface area contributed by atoms with E-state index in [4.69, 9.17) is 11.6 Å². The van der Waals surface area contributed by atoms with Gasteiger partial charge in [-0.1, -0.05) is 38.4 Å². The largest absolute Gasteiger partial charge is 0.314 e. The van der Waals surface area contributed by atoms with Gasteiger partial charge < -0.3 is 5.32 Å². The normalized spacial score (nSPS) is 13.0. The molecule has 1 rings (SSSR count). The Balaban J connectivity index is 2.65. The molecule has 0 amide bonds. The highest BCUT2D eigenvalue weighted by molar-refractivity contribution is 6.30. The van der Waals surface area contributed by atoms with Crippen molar-refractivity contribution in [2.75, 3.05) is 6.54 Å². The molecule has 0 spiro atoms. The van der Waals surface area contributed by atoms with Crippen LogP contribution in [-0.4, -0.2) is 12.6 Å². The van der Waals surface area contributed by atoms with E-state index in [1.54, 1.807) is 6.07 Å². The number of rotatable bonds is 7. The zero-order valence-electron chi connectivity index (χ0n) is 11.5. The summed E-state index contributed by atoms with van der Waals surface area (Å²) < 4.78 is 13.1. The number of benzene rings is 1. The molecule has 3 heteroatoms. The molecule has 102 valence electrons. The summed E-state index contributed by atoms with van der Waals surface area (Å²) >= 11 is 5.81.